The van der Waals surface area contributed by atoms with E-state index in [1.165, 1.54) is 0 Å². The first-order chi connectivity index (χ1) is 12.1. The Morgan fingerprint density at radius 2 is 1.73 bits per heavy atom. The second-order valence-corrected chi connectivity index (χ2v) is 7.13. The van der Waals surface area contributed by atoms with E-state index in [9.17, 15) is 9.59 Å². The molecule has 0 unspecified atom stereocenters. The number of ether oxygens (including phenoxy) is 1. The van der Waals surface area contributed by atoms with E-state index in [4.69, 9.17) is 22.1 Å². The lowest BCUT2D eigenvalue weighted by Crippen LogP contribution is -2.57. The minimum absolute atomic E-state index is 0. The molecule has 3 rings (SSSR count). The van der Waals surface area contributed by atoms with Crippen LogP contribution >= 0.6 is 24.0 Å². The van der Waals surface area contributed by atoms with Gasteiger partial charge in [0.1, 0.15) is 0 Å². The molecule has 2 fully saturated rings. The van der Waals surface area contributed by atoms with Crippen LogP contribution < -0.4 is 5.73 Å². The van der Waals surface area contributed by atoms with Crippen LogP contribution in [0, 0.1) is 5.41 Å². The molecule has 2 aliphatic rings. The summed E-state index contributed by atoms with van der Waals surface area (Å²) in [5, 5.41) is 0.545. The highest BCUT2D eigenvalue weighted by molar-refractivity contribution is 6.30. The summed E-state index contributed by atoms with van der Waals surface area (Å²) in [5.74, 6) is 0.0577. The number of hydrogen-bond acceptors (Lipinski definition) is 4. The quantitative estimate of drug-likeness (QED) is 0.837. The van der Waals surface area contributed by atoms with Gasteiger partial charge in [0.05, 0.1) is 5.41 Å². The number of amides is 2. The van der Waals surface area contributed by atoms with E-state index in [2.05, 4.69) is 0 Å². The summed E-state index contributed by atoms with van der Waals surface area (Å²) in [6, 6.07) is 6.95. The van der Waals surface area contributed by atoms with E-state index >= 15 is 0 Å². The predicted molar refractivity (Wildman–Crippen MR) is 103 cm³/mol. The minimum Gasteiger partial charge on any atom is -0.381 e. The van der Waals surface area contributed by atoms with E-state index in [0.717, 1.165) is 0 Å². The largest absolute Gasteiger partial charge is 0.381 e. The highest BCUT2D eigenvalue weighted by Crippen LogP contribution is 2.32. The van der Waals surface area contributed by atoms with Gasteiger partial charge in [-0.1, -0.05) is 17.7 Å². The van der Waals surface area contributed by atoms with Gasteiger partial charge in [-0.3, -0.25) is 9.59 Å². The lowest BCUT2D eigenvalue weighted by atomic mass is 9.78. The highest BCUT2D eigenvalue weighted by Gasteiger charge is 2.42. The van der Waals surface area contributed by atoms with Crippen molar-refractivity contribution in [3.8, 4) is 0 Å². The molecular weight excluding hydrogens is 377 g/mol. The summed E-state index contributed by atoms with van der Waals surface area (Å²) in [6.07, 6.45) is 1.34. The molecule has 0 aromatic heterocycles. The molecule has 2 N–H and O–H groups in total. The van der Waals surface area contributed by atoms with Crippen LogP contribution in [0.5, 0.6) is 0 Å². The zero-order chi connectivity index (χ0) is 17.9. The Hall–Kier alpha value is -1.34. The number of carbonyl (C=O) groups is 2. The molecule has 2 saturated heterocycles. The third-order valence-corrected chi connectivity index (χ3v) is 5.46. The summed E-state index contributed by atoms with van der Waals surface area (Å²) >= 11 is 5.96. The van der Waals surface area contributed by atoms with Crippen molar-refractivity contribution in [3.05, 3.63) is 34.9 Å². The maximum atomic E-state index is 13.0. The van der Waals surface area contributed by atoms with Crippen LogP contribution in [0.4, 0.5) is 0 Å². The van der Waals surface area contributed by atoms with Crippen LogP contribution in [0.3, 0.4) is 0 Å². The first kappa shape index (κ1) is 21.0. The highest BCUT2D eigenvalue weighted by atomic mass is 35.5. The molecular formula is C18H25Cl2N3O3. The Labute approximate surface area is 165 Å². The summed E-state index contributed by atoms with van der Waals surface area (Å²) in [5.41, 5.74) is 6.01. The molecule has 0 bridgehead atoms. The third-order valence-electron chi connectivity index (χ3n) is 5.22. The number of nitrogens with zero attached hydrogens (tertiary/aromatic N) is 2. The number of hydrogen-bond donors (Lipinski definition) is 1. The number of halogens is 2. The number of nitrogens with two attached hydrogens (primary N) is 1. The Balaban J connectivity index is 0.00000243. The normalized spacial score (nSPS) is 19.6. The van der Waals surface area contributed by atoms with E-state index in [-0.39, 0.29) is 24.2 Å². The maximum Gasteiger partial charge on any atom is 0.254 e. The van der Waals surface area contributed by atoms with Gasteiger partial charge in [-0.25, -0.2) is 0 Å². The fourth-order valence-corrected chi connectivity index (χ4v) is 3.71. The fraction of sp³-hybridized carbons (Fsp3) is 0.556. The van der Waals surface area contributed by atoms with Crippen molar-refractivity contribution in [2.45, 2.75) is 12.8 Å². The SMILES string of the molecule is Cl.NCC1(C(=O)N2CCN(C(=O)c3cccc(Cl)c3)CC2)CCOCC1. The van der Waals surface area contributed by atoms with Crippen molar-refractivity contribution in [2.75, 3.05) is 45.9 Å². The van der Waals surface area contributed by atoms with Crippen molar-refractivity contribution in [1.29, 1.82) is 0 Å². The lowest BCUT2D eigenvalue weighted by molar-refractivity contribution is -0.148. The predicted octanol–water partition coefficient (Wildman–Crippen LogP) is 1.80. The molecule has 2 aliphatic heterocycles. The van der Waals surface area contributed by atoms with Gasteiger partial charge in [-0.15, -0.1) is 12.4 Å². The van der Waals surface area contributed by atoms with Crippen molar-refractivity contribution in [2.24, 2.45) is 11.1 Å². The summed E-state index contributed by atoms with van der Waals surface area (Å²) in [4.78, 5) is 29.2. The Bertz CT molecular complexity index is 642. The standard InChI is InChI=1S/C18H24ClN3O3.ClH/c19-15-3-1-2-14(12-15)16(23)21-6-8-22(9-7-21)17(24)18(13-20)4-10-25-11-5-18;/h1-3,12H,4-11,13,20H2;1H. The number of rotatable bonds is 3. The summed E-state index contributed by atoms with van der Waals surface area (Å²) in [7, 11) is 0. The van der Waals surface area contributed by atoms with Gasteiger partial charge in [0.2, 0.25) is 5.91 Å². The maximum absolute atomic E-state index is 13.0. The summed E-state index contributed by atoms with van der Waals surface area (Å²) < 4.78 is 5.38. The second kappa shape index (κ2) is 9.04. The van der Waals surface area contributed by atoms with Gasteiger partial charge in [0.15, 0.2) is 0 Å². The first-order valence-electron chi connectivity index (χ1n) is 8.68. The summed E-state index contributed by atoms with van der Waals surface area (Å²) in [6.45, 7) is 3.62. The van der Waals surface area contributed by atoms with E-state index < -0.39 is 5.41 Å². The van der Waals surface area contributed by atoms with Crippen LogP contribution in [0.1, 0.15) is 23.2 Å². The monoisotopic (exact) mass is 401 g/mol. The van der Waals surface area contributed by atoms with Crippen molar-refractivity contribution in [3.63, 3.8) is 0 Å². The molecule has 26 heavy (non-hydrogen) atoms. The zero-order valence-corrected chi connectivity index (χ0v) is 16.2. The molecule has 1 aromatic rings. The van der Waals surface area contributed by atoms with E-state index in [0.29, 0.717) is 69.4 Å². The number of benzene rings is 1. The van der Waals surface area contributed by atoms with E-state index in [1.807, 2.05) is 4.90 Å². The molecule has 144 valence electrons. The van der Waals surface area contributed by atoms with Crippen LogP contribution in [0.25, 0.3) is 0 Å². The molecule has 0 saturated carbocycles. The average Bonchev–Trinajstić information content (AvgIpc) is 2.67. The van der Waals surface area contributed by atoms with Crippen LogP contribution in [-0.4, -0.2) is 67.6 Å². The Morgan fingerprint density at radius 1 is 1.12 bits per heavy atom. The van der Waals surface area contributed by atoms with Crippen LogP contribution in [-0.2, 0) is 9.53 Å². The van der Waals surface area contributed by atoms with E-state index in [1.54, 1.807) is 29.2 Å². The molecule has 1 aromatic carbocycles. The first-order valence-corrected chi connectivity index (χ1v) is 9.05. The molecule has 0 aliphatic carbocycles. The lowest BCUT2D eigenvalue weighted by Gasteiger charge is -2.42. The van der Waals surface area contributed by atoms with Crippen LogP contribution in [0.15, 0.2) is 24.3 Å². The van der Waals surface area contributed by atoms with Gasteiger partial charge >= 0.3 is 0 Å². The molecule has 8 heteroatoms. The van der Waals surface area contributed by atoms with Crippen molar-refractivity contribution in [1.82, 2.24) is 9.80 Å². The molecule has 2 heterocycles. The third kappa shape index (κ3) is 4.31. The molecule has 0 atom stereocenters. The fourth-order valence-electron chi connectivity index (χ4n) is 3.52. The van der Waals surface area contributed by atoms with Gasteiger partial charge < -0.3 is 20.3 Å². The van der Waals surface area contributed by atoms with Gasteiger partial charge in [-0.05, 0) is 31.0 Å². The molecule has 6 nitrogen and oxygen atoms in total. The molecule has 0 spiro atoms. The van der Waals surface area contributed by atoms with Crippen molar-refractivity contribution < 1.29 is 14.3 Å². The molecule has 0 radical (unpaired) electrons. The zero-order valence-electron chi connectivity index (χ0n) is 14.7. The molecule has 2 amide bonds. The Morgan fingerprint density at radius 3 is 2.31 bits per heavy atom. The average molecular weight is 402 g/mol. The van der Waals surface area contributed by atoms with Gasteiger partial charge in [0.25, 0.3) is 5.91 Å². The Kier molecular flexibility index (Phi) is 7.29. The van der Waals surface area contributed by atoms with Crippen LogP contribution in [0.2, 0.25) is 5.02 Å². The topological polar surface area (TPSA) is 75.9 Å². The smallest absolute Gasteiger partial charge is 0.254 e. The minimum atomic E-state index is -0.503. The second-order valence-electron chi connectivity index (χ2n) is 6.69. The van der Waals surface area contributed by atoms with Gasteiger partial charge in [0, 0.05) is 56.5 Å². The van der Waals surface area contributed by atoms with Gasteiger partial charge in [-0.2, -0.15) is 0 Å². The number of piperazine rings is 1. The number of carbonyl (C=O) groups excluding carboxylic acids is 2. The van der Waals surface area contributed by atoms with Crippen molar-refractivity contribution >= 4 is 35.8 Å².